The largest absolute Gasteiger partial charge is 0.449 e. The van der Waals surface area contributed by atoms with Crippen LogP contribution in [-0.4, -0.2) is 5.97 Å². The van der Waals surface area contributed by atoms with Crippen LogP contribution in [0.1, 0.15) is 33.2 Å². The molecule has 0 saturated heterocycles. The highest BCUT2D eigenvalue weighted by Crippen LogP contribution is 2.45. The topological polar surface area (TPSA) is 26.3 Å². The fourth-order valence-corrected chi connectivity index (χ4v) is 4.77. The normalized spacial score (nSPS) is 14.2. The van der Waals surface area contributed by atoms with E-state index in [2.05, 4.69) is 55.1 Å². The molecule has 0 aromatic heterocycles. The molecule has 32 heavy (non-hydrogen) atoms. The summed E-state index contributed by atoms with van der Waals surface area (Å²) < 4.78 is 6.19. The van der Waals surface area contributed by atoms with Crippen molar-refractivity contribution in [3.63, 3.8) is 0 Å². The predicted octanol–water partition coefficient (Wildman–Crippen LogP) is 7.56. The highest BCUT2D eigenvalue weighted by Gasteiger charge is 2.29. The lowest BCUT2D eigenvalue weighted by molar-refractivity contribution is 0.0380. The van der Waals surface area contributed by atoms with Gasteiger partial charge in [0.2, 0.25) is 0 Å². The highest BCUT2D eigenvalue weighted by atomic mass is 16.5. The van der Waals surface area contributed by atoms with Gasteiger partial charge >= 0.3 is 5.97 Å². The van der Waals surface area contributed by atoms with Gasteiger partial charge in [-0.15, -0.1) is 0 Å². The van der Waals surface area contributed by atoms with Crippen molar-refractivity contribution >= 4 is 33.6 Å². The Kier molecular flexibility index (Phi) is 4.19. The minimum Gasteiger partial charge on any atom is -0.449 e. The maximum absolute atomic E-state index is 13.3. The molecule has 5 aromatic carbocycles. The second-order valence-corrected chi connectivity index (χ2v) is 8.15. The molecule has 152 valence electrons. The highest BCUT2D eigenvalue weighted by molar-refractivity contribution is 6.03. The molecule has 0 saturated carbocycles. The SMILES string of the molecule is C=Cc1ccc2cc(C(=O)OC3c4ccccc4-c4cccc5cccc3c45)ccc2c1. The van der Waals surface area contributed by atoms with Gasteiger partial charge in [-0.3, -0.25) is 0 Å². The lowest BCUT2D eigenvalue weighted by Gasteiger charge is -2.28. The van der Waals surface area contributed by atoms with Gasteiger partial charge < -0.3 is 4.74 Å². The third kappa shape index (κ3) is 2.84. The van der Waals surface area contributed by atoms with Gasteiger partial charge in [0.1, 0.15) is 0 Å². The van der Waals surface area contributed by atoms with Gasteiger partial charge in [0.25, 0.3) is 0 Å². The Morgan fingerprint density at radius 1 is 0.719 bits per heavy atom. The zero-order valence-electron chi connectivity index (χ0n) is 17.4. The van der Waals surface area contributed by atoms with Crippen LogP contribution >= 0.6 is 0 Å². The molecule has 0 aliphatic heterocycles. The van der Waals surface area contributed by atoms with Gasteiger partial charge in [-0.2, -0.15) is 0 Å². The number of hydrogen-bond acceptors (Lipinski definition) is 2. The molecule has 1 unspecified atom stereocenters. The first-order valence-corrected chi connectivity index (χ1v) is 10.7. The smallest absolute Gasteiger partial charge is 0.339 e. The van der Waals surface area contributed by atoms with E-state index in [0.717, 1.165) is 43.8 Å². The van der Waals surface area contributed by atoms with Crippen LogP contribution in [0.5, 0.6) is 0 Å². The van der Waals surface area contributed by atoms with E-state index in [-0.39, 0.29) is 5.97 Å². The Morgan fingerprint density at radius 2 is 1.44 bits per heavy atom. The molecule has 2 heteroatoms. The van der Waals surface area contributed by atoms with E-state index >= 15 is 0 Å². The second kappa shape index (κ2) is 7.21. The van der Waals surface area contributed by atoms with Gasteiger partial charge in [-0.05, 0) is 56.4 Å². The van der Waals surface area contributed by atoms with E-state index in [4.69, 9.17) is 4.74 Å². The van der Waals surface area contributed by atoms with E-state index in [1.54, 1.807) is 0 Å². The molecule has 1 atom stereocenters. The van der Waals surface area contributed by atoms with Crippen molar-refractivity contribution in [2.45, 2.75) is 6.10 Å². The summed E-state index contributed by atoms with van der Waals surface area (Å²) in [6.45, 7) is 3.82. The molecule has 0 fully saturated rings. The van der Waals surface area contributed by atoms with E-state index < -0.39 is 6.10 Å². The molecule has 6 rings (SSSR count). The van der Waals surface area contributed by atoms with Gasteiger partial charge in [-0.1, -0.05) is 91.5 Å². The van der Waals surface area contributed by atoms with Crippen LogP contribution in [0.2, 0.25) is 0 Å². The number of benzene rings is 5. The number of carbonyl (C=O) groups is 1. The van der Waals surface area contributed by atoms with Crippen molar-refractivity contribution in [2.75, 3.05) is 0 Å². The van der Waals surface area contributed by atoms with Gasteiger partial charge in [0.15, 0.2) is 6.10 Å². The molecule has 2 nitrogen and oxygen atoms in total. The van der Waals surface area contributed by atoms with Crippen LogP contribution in [0, 0.1) is 0 Å². The summed E-state index contributed by atoms with van der Waals surface area (Å²) in [5, 5.41) is 4.38. The first-order chi connectivity index (χ1) is 15.7. The summed E-state index contributed by atoms with van der Waals surface area (Å²) in [5.41, 5.74) is 5.95. The van der Waals surface area contributed by atoms with Gasteiger partial charge in [0.05, 0.1) is 5.56 Å². The van der Waals surface area contributed by atoms with Crippen molar-refractivity contribution < 1.29 is 9.53 Å². The average molecular weight is 412 g/mol. The monoisotopic (exact) mass is 412 g/mol. The number of rotatable bonds is 3. The molecule has 1 aliphatic rings. The fourth-order valence-electron chi connectivity index (χ4n) is 4.77. The van der Waals surface area contributed by atoms with Crippen molar-refractivity contribution in [3.8, 4) is 11.1 Å². The molecular formula is C30H20O2. The Balaban J connectivity index is 1.44. The number of carbonyl (C=O) groups excluding carboxylic acids is 1. The predicted molar refractivity (Wildman–Crippen MR) is 131 cm³/mol. The first-order valence-electron chi connectivity index (χ1n) is 10.7. The summed E-state index contributed by atoms with van der Waals surface area (Å²) in [6, 6.07) is 32.5. The summed E-state index contributed by atoms with van der Waals surface area (Å²) in [6.07, 6.45) is 1.37. The minimum atomic E-state index is -0.448. The zero-order valence-corrected chi connectivity index (χ0v) is 17.4. The zero-order chi connectivity index (χ0) is 21.7. The Labute approximate surface area is 186 Å². The summed E-state index contributed by atoms with van der Waals surface area (Å²) in [5.74, 6) is -0.323. The van der Waals surface area contributed by atoms with Crippen LogP contribution in [0.15, 0.2) is 104 Å². The molecule has 5 aromatic rings. The quantitative estimate of drug-likeness (QED) is 0.286. The van der Waals surface area contributed by atoms with E-state index in [1.807, 2.05) is 54.6 Å². The first kappa shape index (κ1) is 18.6. The van der Waals surface area contributed by atoms with Crippen molar-refractivity contribution in [2.24, 2.45) is 0 Å². The molecule has 0 N–H and O–H groups in total. The molecule has 0 bridgehead atoms. The number of hydrogen-bond donors (Lipinski definition) is 0. The Morgan fingerprint density at radius 3 is 2.31 bits per heavy atom. The summed E-state index contributed by atoms with van der Waals surface area (Å²) in [4.78, 5) is 13.3. The van der Waals surface area contributed by atoms with E-state index in [1.165, 1.54) is 5.56 Å². The number of fused-ring (bicyclic) bond motifs is 3. The summed E-state index contributed by atoms with van der Waals surface area (Å²) in [7, 11) is 0. The van der Waals surface area contributed by atoms with Gasteiger partial charge in [0, 0.05) is 11.1 Å². The second-order valence-electron chi connectivity index (χ2n) is 8.15. The minimum absolute atomic E-state index is 0.323. The molecule has 0 amide bonds. The maximum Gasteiger partial charge on any atom is 0.339 e. The van der Waals surface area contributed by atoms with Crippen LogP contribution in [0.3, 0.4) is 0 Å². The third-order valence-electron chi connectivity index (χ3n) is 6.31. The van der Waals surface area contributed by atoms with Crippen LogP contribution in [0.25, 0.3) is 38.7 Å². The fraction of sp³-hybridized carbons (Fsp3) is 0.0333. The lowest BCUT2D eigenvalue weighted by Crippen LogP contribution is -2.16. The molecule has 0 spiro atoms. The number of esters is 1. The lowest BCUT2D eigenvalue weighted by atomic mass is 9.82. The molecule has 0 radical (unpaired) electrons. The third-order valence-corrected chi connectivity index (χ3v) is 6.31. The number of ether oxygens (including phenoxy) is 1. The van der Waals surface area contributed by atoms with E-state index in [0.29, 0.717) is 5.56 Å². The maximum atomic E-state index is 13.3. The Hall–Kier alpha value is -4.17. The van der Waals surface area contributed by atoms with Crippen LogP contribution in [0.4, 0.5) is 0 Å². The molecule has 1 aliphatic carbocycles. The Bertz CT molecular complexity index is 1540. The molecular weight excluding hydrogens is 392 g/mol. The van der Waals surface area contributed by atoms with Crippen LogP contribution in [-0.2, 0) is 4.74 Å². The summed E-state index contributed by atoms with van der Waals surface area (Å²) >= 11 is 0. The van der Waals surface area contributed by atoms with Crippen LogP contribution < -0.4 is 0 Å². The van der Waals surface area contributed by atoms with Crippen molar-refractivity contribution in [3.05, 3.63) is 126 Å². The van der Waals surface area contributed by atoms with Crippen molar-refractivity contribution in [1.29, 1.82) is 0 Å². The standard InChI is InChI=1S/C30H20O2/c1-2-19-13-14-22-18-23(16-15-21(22)17-19)30(31)32-29-26-10-4-3-9-24(26)25-11-5-7-20-8-6-12-27(29)28(20)25/h2-18,29H,1H2. The van der Waals surface area contributed by atoms with Crippen molar-refractivity contribution in [1.82, 2.24) is 0 Å². The van der Waals surface area contributed by atoms with Gasteiger partial charge in [-0.25, -0.2) is 4.79 Å². The average Bonchev–Trinajstić information content (AvgIpc) is 2.85. The van der Waals surface area contributed by atoms with E-state index in [9.17, 15) is 4.79 Å². The molecule has 0 heterocycles.